The summed E-state index contributed by atoms with van der Waals surface area (Å²) >= 11 is 0. The van der Waals surface area contributed by atoms with E-state index in [0.29, 0.717) is 12.8 Å². The van der Waals surface area contributed by atoms with Crippen molar-refractivity contribution in [2.45, 2.75) is 58.4 Å². The number of carbonyl (C=O) groups is 2. The lowest BCUT2D eigenvalue weighted by molar-refractivity contribution is -0.150. The van der Waals surface area contributed by atoms with Crippen molar-refractivity contribution in [3.05, 3.63) is 0 Å². The highest BCUT2D eigenvalue weighted by Gasteiger charge is 2.39. The Kier molecular flexibility index (Phi) is 5.79. The van der Waals surface area contributed by atoms with Crippen molar-refractivity contribution in [3.63, 3.8) is 0 Å². The van der Waals surface area contributed by atoms with Crippen LogP contribution in [-0.4, -0.2) is 29.6 Å². The largest absolute Gasteiger partial charge is 0.481 e. The zero-order valence-corrected chi connectivity index (χ0v) is 11.9. The highest BCUT2D eigenvalue weighted by molar-refractivity contribution is 5.81. The molecule has 5 heteroatoms. The predicted octanol–water partition coefficient (Wildman–Crippen LogP) is 1.51. The van der Waals surface area contributed by atoms with Crippen LogP contribution in [0.15, 0.2) is 0 Å². The molecule has 19 heavy (non-hydrogen) atoms. The van der Waals surface area contributed by atoms with Crippen molar-refractivity contribution >= 4 is 11.9 Å². The second-order valence-corrected chi connectivity index (χ2v) is 5.87. The van der Waals surface area contributed by atoms with E-state index in [-0.39, 0.29) is 24.4 Å². The van der Waals surface area contributed by atoms with Gasteiger partial charge in [0.1, 0.15) is 0 Å². The number of nitrogens with two attached hydrogens (primary N) is 1. The SMILES string of the molecule is CC(N)C(C)C(=O)NCC1(C(=O)O)CCCCCC1. The quantitative estimate of drug-likeness (QED) is 0.660. The molecule has 0 aromatic heterocycles. The van der Waals surface area contributed by atoms with Crippen molar-refractivity contribution in [1.82, 2.24) is 5.32 Å². The average molecular weight is 270 g/mol. The van der Waals surface area contributed by atoms with E-state index < -0.39 is 11.4 Å². The Balaban J connectivity index is 2.64. The maximum atomic E-state index is 11.9. The van der Waals surface area contributed by atoms with Gasteiger partial charge in [-0.05, 0) is 19.8 Å². The maximum absolute atomic E-state index is 11.9. The highest BCUT2D eigenvalue weighted by Crippen LogP contribution is 2.34. The van der Waals surface area contributed by atoms with E-state index in [9.17, 15) is 14.7 Å². The Morgan fingerprint density at radius 3 is 2.16 bits per heavy atom. The highest BCUT2D eigenvalue weighted by atomic mass is 16.4. The molecule has 0 aromatic carbocycles. The van der Waals surface area contributed by atoms with Gasteiger partial charge >= 0.3 is 5.97 Å². The fourth-order valence-electron chi connectivity index (χ4n) is 2.53. The van der Waals surface area contributed by atoms with Crippen molar-refractivity contribution in [2.75, 3.05) is 6.54 Å². The Bertz CT molecular complexity index is 321. The standard InChI is InChI=1S/C14H26N2O3/c1-10(11(2)15)12(17)16-9-14(13(18)19)7-5-3-4-6-8-14/h10-11H,3-9,15H2,1-2H3,(H,16,17)(H,18,19). The van der Waals surface area contributed by atoms with Gasteiger partial charge in [0.15, 0.2) is 0 Å². The number of carbonyl (C=O) groups excluding carboxylic acids is 1. The molecule has 0 bridgehead atoms. The summed E-state index contributed by atoms with van der Waals surface area (Å²) in [6.45, 7) is 3.77. The van der Waals surface area contributed by atoms with Crippen molar-refractivity contribution in [2.24, 2.45) is 17.1 Å². The molecule has 110 valence electrons. The molecular formula is C14H26N2O3. The third-order valence-electron chi connectivity index (χ3n) is 4.32. The second-order valence-electron chi connectivity index (χ2n) is 5.87. The van der Waals surface area contributed by atoms with Crippen LogP contribution in [0.3, 0.4) is 0 Å². The van der Waals surface area contributed by atoms with E-state index in [1.54, 1.807) is 13.8 Å². The van der Waals surface area contributed by atoms with Gasteiger partial charge in [-0.2, -0.15) is 0 Å². The fraction of sp³-hybridized carbons (Fsp3) is 0.857. The summed E-state index contributed by atoms with van der Waals surface area (Å²) < 4.78 is 0. The number of hydrogen-bond acceptors (Lipinski definition) is 3. The first-order chi connectivity index (χ1) is 8.89. The van der Waals surface area contributed by atoms with Crippen LogP contribution in [0.5, 0.6) is 0 Å². The van der Waals surface area contributed by atoms with Gasteiger partial charge in [0.2, 0.25) is 5.91 Å². The molecule has 2 unspecified atom stereocenters. The number of aliphatic carboxylic acids is 1. The number of amides is 1. The molecule has 1 rings (SSSR count). The maximum Gasteiger partial charge on any atom is 0.311 e. The van der Waals surface area contributed by atoms with E-state index >= 15 is 0 Å². The van der Waals surface area contributed by atoms with E-state index in [0.717, 1.165) is 25.7 Å². The molecule has 0 spiro atoms. The summed E-state index contributed by atoms with van der Waals surface area (Å²) in [5.74, 6) is -1.24. The number of carboxylic acid groups (broad SMARTS) is 1. The second kappa shape index (κ2) is 6.89. The number of hydrogen-bond donors (Lipinski definition) is 3. The van der Waals surface area contributed by atoms with Gasteiger partial charge in [0, 0.05) is 18.5 Å². The van der Waals surface area contributed by atoms with Crippen molar-refractivity contribution in [3.8, 4) is 0 Å². The lowest BCUT2D eigenvalue weighted by Crippen LogP contribution is -2.46. The molecule has 1 amide bonds. The summed E-state index contributed by atoms with van der Waals surface area (Å²) in [7, 11) is 0. The Morgan fingerprint density at radius 2 is 1.74 bits per heavy atom. The zero-order chi connectivity index (χ0) is 14.5. The van der Waals surface area contributed by atoms with Crippen LogP contribution in [0, 0.1) is 11.3 Å². The molecule has 1 aliphatic carbocycles. The minimum atomic E-state index is -0.789. The third kappa shape index (κ3) is 4.20. The van der Waals surface area contributed by atoms with Crippen LogP contribution in [0.2, 0.25) is 0 Å². The van der Waals surface area contributed by atoms with E-state index in [2.05, 4.69) is 5.32 Å². The van der Waals surface area contributed by atoms with Crippen LogP contribution in [0.1, 0.15) is 52.4 Å². The Morgan fingerprint density at radius 1 is 1.21 bits per heavy atom. The van der Waals surface area contributed by atoms with Gasteiger partial charge in [0.25, 0.3) is 0 Å². The van der Waals surface area contributed by atoms with Crippen molar-refractivity contribution < 1.29 is 14.7 Å². The van der Waals surface area contributed by atoms with E-state index in [4.69, 9.17) is 5.73 Å². The third-order valence-corrected chi connectivity index (χ3v) is 4.32. The Hall–Kier alpha value is -1.10. The minimum absolute atomic E-state index is 0.153. The molecule has 0 heterocycles. The number of rotatable bonds is 5. The smallest absolute Gasteiger partial charge is 0.311 e. The van der Waals surface area contributed by atoms with Gasteiger partial charge < -0.3 is 16.2 Å². The molecule has 1 fully saturated rings. The van der Waals surface area contributed by atoms with Gasteiger partial charge in [-0.25, -0.2) is 0 Å². The number of nitrogens with one attached hydrogen (secondary N) is 1. The first-order valence-electron chi connectivity index (χ1n) is 7.16. The molecule has 4 N–H and O–H groups in total. The molecular weight excluding hydrogens is 244 g/mol. The molecule has 1 aliphatic rings. The lowest BCUT2D eigenvalue weighted by Gasteiger charge is -2.29. The first kappa shape index (κ1) is 16.0. The fourth-order valence-corrected chi connectivity index (χ4v) is 2.53. The Labute approximate surface area is 114 Å². The minimum Gasteiger partial charge on any atom is -0.481 e. The van der Waals surface area contributed by atoms with Crippen molar-refractivity contribution in [1.29, 1.82) is 0 Å². The predicted molar refractivity (Wildman–Crippen MR) is 73.6 cm³/mol. The van der Waals surface area contributed by atoms with Gasteiger partial charge in [0.05, 0.1) is 5.41 Å². The molecule has 0 saturated heterocycles. The topological polar surface area (TPSA) is 92.4 Å². The van der Waals surface area contributed by atoms with Gasteiger partial charge in [-0.1, -0.05) is 32.6 Å². The van der Waals surface area contributed by atoms with Gasteiger partial charge in [-0.15, -0.1) is 0 Å². The number of carboxylic acids is 1. The molecule has 5 nitrogen and oxygen atoms in total. The van der Waals surface area contributed by atoms with Crippen LogP contribution in [-0.2, 0) is 9.59 Å². The first-order valence-corrected chi connectivity index (χ1v) is 7.16. The zero-order valence-electron chi connectivity index (χ0n) is 11.9. The van der Waals surface area contributed by atoms with Crippen LogP contribution in [0.4, 0.5) is 0 Å². The lowest BCUT2D eigenvalue weighted by atomic mass is 9.80. The molecule has 0 aliphatic heterocycles. The summed E-state index contributed by atoms with van der Waals surface area (Å²) in [6, 6.07) is -0.227. The summed E-state index contributed by atoms with van der Waals surface area (Å²) in [4.78, 5) is 23.5. The molecule has 0 aromatic rings. The molecule has 0 radical (unpaired) electrons. The summed E-state index contributed by atoms with van der Waals surface area (Å²) in [5, 5.41) is 12.3. The van der Waals surface area contributed by atoms with E-state index in [1.165, 1.54) is 0 Å². The molecule has 2 atom stereocenters. The normalized spacial score (nSPS) is 22.1. The van der Waals surface area contributed by atoms with Crippen LogP contribution >= 0.6 is 0 Å². The average Bonchev–Trinajstić information content (AvgIpc) is 2.61. The molecule has 1 saturated carbocycles. The van der Waals surface area contributed by atoms with Crippen LogP contribution < -0.4 is 11.1 Å². The van der Waals surface area contributed by atoms with E-state index in [1.807, 2.05) is 0 Å². The van der Waals surface area contributed by atoms with Gasteiger partial charge in [-0.3, -0.25) is 9.59 Å². The van der Waals surface area contributed by atoms with Crippen LogP contribution in [0.25, 0.3) is 0 Å². The monoisotopic (exact) mass is 270 g/mol. The summed E-state index contributed by atoms with van der Waals surface area (Å²) in [5.41, 5.74) is 4.90. The summed E-state index contributed by atoms with van der Waals surface area (Å²) in [6.07, 6.45) is 5.30.